The molecule has 0 aromatic rings. The van der Waals surface area contributed by atoms with Gasteiger partial charge in [-0.2, -0.15) is 0 Å². The third-order valence-electron chi connectivity index (χ3n) is 3.32. The highest BCUT2D eigenvalue weighted by Crippen LogP contribution is 2.46. The Labute approximate surface area is 189 Å². The van der Waals surface area contributed by atoms with E-state index < -0.39 is 28.7 Å². The first-order chi connectivity index (χ1) is 12.7. The number of carbonyl (C=O) groups excluding carboxylic acids is 2. The van der Waals surface area contributed by atoms with Gasteiger partial charge in [-0.1, -0.05) is 27.5 Å². The molecule has 4 unspecified atom stereocenters. The number of aliphatic carboxylic acids is 2. The molecule has 0 aliphatic heterocycles. The standard InChI is InChI=1S/C12H23B2I2N3O6P2/c13-27(16)8(6-10(22)23)12(25)19-4-2-17-1-3-18-11(24)7(26-14-15)5-9(20)21/h7-8,14,17,26H,1-6,13H2,(H,18,24)(H,19,25)(H,20,21)(H,22,23). The zero-order chi connectivity index (χ0) is 20.8. The Balaban J connectivity index is 3.99. The normalized spacial score (nSPS) is 14.3. The molecule has 9 nitrogen and oxygen atoms in total. The number of carboxylic acids is 2. The lowest BCUT2D eigenvalue weighted by Crippen LogP contribution is -2.41. The summed E-state index contributed by atoms with van der Waals surface area (Å²) >= 11 is 4.23. The molecule has 27 heavy (non-hydrogen) atoms. The minimum absolute atomic E-state index is 0.166. The van der Waals surface area contributed by atoms with Gasteiger partial charge in [-0.3, -0.25) is 19.2 Å². The maximum Gasteiger partial charge on any atom is 0.304 e. The van der Waals surface area contributed by atoms with Crippen LogP contribution in [0, 0.1) is 0 Å². The monoisotopic (exact) mass is 643 g/mol. The Morgan fingerprint density at radius 1 is 1.00 bits per heavy atom. The molecule has 0 aliphatic carbocycles. The van der Waals surface area contributed by atoms with Crippen LogP contribution in [0.5, 0.6) is 0 Å². The molecule has 0 aromatic carbocycles. The SMILES string of the molecule is BP(I)C(CC(=O)O)C(=O)NCCNCCNC(=O)C(CC(=O)O)PBI. The predicted molar refractivity (Wildman–Crippen MR) is 130 cm³/mol. The fourth-order valence-corrected chi connectivity index (χ4v) is 6.54. The van der Waals surface area contributed by atoms with Crippen molar-refractivity contribution in [3.05, 3.63) is 0 Å². The predicted octanol–water partition coefficient (Wildman–Crippen LogP) is -0.745. The van der Waals surface area contributed by atoms with Crippen molar-refractivity contribution in [3.63, 3.8) is 0 Å². The first kappa shape index (κ1) is 27.3. The largest absolute Gasteiger partial charge is 0.481 e. The lowest BCUT2D eigenvalue weighted by molar-refractivity contribution is -0.139. The van der Waals surface area contributed by atoms with Crippen molar-refractivity contribution in [1.82, 2.24) is 16.0 Å². The Morgan fingerprint density at radius 2 is 1.52 bits per heavy atom. The maximum absolute atomic E-state index is 12.0. The van der Waals surface area contributed by atoms with Gasteiger partial charge in [0.25, 0.3) is 0 Å². The fourth-order valence-electron chi connectivity index (χ4n) is 1.98. The van der Waals surface area contributed by atoms with Crippen molar-refractivity contribution in [3.8, 4) is 0 Å². The molecular formula is C12H23B2I2N3O6P2. The highest BCUT2D eigenvalue weighted by atomic mass is 127. The lowest BCUT2D eigenvalue weighted by atomic mass is 10.3. The van der Waals surface area contributed by atoms with E-state index in [4.69, 9.17) is 10.2 Å². The Hall–Kier alpha value is 0.290. The second-order valence-corrected chi connectivity index (χ2v) is 15.4. The van der Waals surface area contributed by atoms with E-state index in [9.17, 15) is 19.2 Å². The second kappa shape index (κ2) is 16.1. The summed E-state index contributed by atoms with van der Waals surface area (Å²) < 4.78 is 0. The number of hydrogen-bond acceptors (Lipinski definition) is 5. The molecular weight excluding hydrogens is 620 g/mol. The molecule has 15 heteroatoms. The van der Waals surface area contributed by atoms with Crippen molar-refractivity contribution >= 4 is 94.5 Å². The number of amides is 2. The van der Waals surface area contributed by atoms with Crippen LogP contribution in [-0.2, 0) is 19.2 Å². The molecule has 152 valence electrons. The van der Waals surface area contributed by atoms with Crippen molar-refractivity contribution in [2.45, 2.75) is 24.2 Å². The second-order valence-electron chi connectivity index (χ2n) is 5.46. The van der Waals surface area contributed by atoms with E-state index in [-0.39, 0.29) is 33.1 Å². The van der Waals surface area contributed by atoms with Crippen molar-refractivity contribution < 1.29 is 29.4 Å². The summed E-state index contributed by atoms with van der Waals surface area (Å²) in [7, 11) is 2.13. The average Bonchev–Trinajstić information content (AvgIpc) is 2.57. The van der Waals surface area contributed by atoms with Crippen LogP contribution in [0.3, 0.4) is 0 Å². The van der Waals surface area contributed by atoms with Gasteiger partial charge in [-0.15, -0.1) is 30.8 Å². The molecule has 0 bridgehead atoms. The highest BCUT2D eigenvalue weighted by Gasteiger charge is 2.25. The van der Waals surface area contributed by atoms with Crippen LogP contribution < -0.4 is 16.0 Å². The number of carboxylic acid groups (broad SMARTS) is 2. The summed E-state index contributed by atoms with van der Waals surface area (Å²) in [5.41, 5.74) is -1.73. The smallest absolute Gasteiger partial charge is 0.304 e. The van der Waals surface area contributed by atoms with E-state index in [0.717, 1.165) is 4.86 Å². The molecule has 2 amide bonds. The van der Waals surface area contributed by atoms with E-state index in [1.807, 2.05) is 7.57 Å². The number of hydrogen-bond donors (Lipinski definition) is 5. The van der Waals surface area contributed by atoms with Gasteiger partial charge < -0.3 is 26.2 Å². The molecule has 0 saturated heterocycles. The number of carbonyl (C=O) groups is 4. The molecule has 0 saturated carbocycles. The van der Waals surface area contributed by atoms with E-state index >= 15 is 0 Å². The van der Waals surface area contributed by atoms with Gasteiger partial charge in [0.15, 0.2) is 0 Å². The minimum atomic E-state index is -0.987. The topological polar surface area (TPSA) is 145 Å². The molecule has 0 rings (SSSR count). The number of halogens is 2. The summed E-state index contributed by atoms with van der Waals surface area (Å²) in [5, 5.41) is 26.2. The van der Waals surface area contributed by atoms with E-state index in [1.165, 1.54) is 0 Å². The van der Waals surface area contributed by atoms with Crippen LogP contribution in [0.15, 0.2) is 0 Å². The Morgan fingerprint density at radius 3 is 1.96 bits per heavy atom. The van der Waals surface area contributed by atoms with Gasteiger partial charge in [-0.25, -0.2) is 0 Å². The summed E-state index contributed by atoms with van der Waals surface area (Å²) in [6, 6.07) is 0. The summed E-state index contributed by atoms with van der Waals surface area (Å²) in [4.78, 5) is 46.3. The van der Waals surface area contributed by atoms with Crippen molar-refractivity contribution in [2.75, 3.05) is 26.2 Å². The van der Waals surface area contributed by atoms with Crippen LogP contribution in [0.2, 0.25) is 0 Å². The Kier molecular flexibility index (Phi) is 16.3. The van der Waals surface area contributed by atoms with Crippen LogP contribution in [0.1, 0.15) is 12.8 Å². The average molecular weight is 643 g/mol. The molecule has 0 spiro atoms. The maximum atomic E-state index is 12.0. The van der Waals surface area contributed by atoms with Crippen LogP contribution >= 0.6 is 58.3 Å². The van der Waals surface area contributed by atoms with Gasteiger partial charge >= 0.3 is 11.9 Å². The zero-order valence-corrected chi connectivity index (χ0v) is 21.0. The summed E-state index contributed by atoms with van der Waals surface area (Å²) in [6.07, 6.45) is -0.340. The molecule has 0 fully saturated rings. The minimum Gasteiger partial charge on any atom is -0.481 e. The lowest BCUT2D eigenvalue weighted by Gasteiger charge is -2.18. The van der Waals surface area contributed by atoms with E-state index in [0.29, 0.717) is 26.2 Å². The number of nitrogens with one attached hydrogen (secondary N) is 3. The Bertz CT molecular complexity index is 522. The van der Waals surface area contributed by atoms with Gasteiger partial charge in [0, 0.05) is 26.2 Å². The number of rotatable bonds is 15. The molecule has 0 aromatic heterocycles. The summed E-state index contributed by atoms with van der Waals surface area (Å²) in [5.74, 6) is -2.48. The third-order valence-corrected chi connectivity index (χ3v) is 9.05. The first-order valence-corrected chi connectivity index (χ1v) is 15.5. The summed E-state index contributed by atoms with van der Waals surface area (Å²) in [6.45, 7) is 1.70. The van der Waals surface area contributed by atoms with Gasteiger partial charge in [-0.05, 0) is 0 Å². The first-order valence-electron chi connectivity index (χ1n) is 8.06. The van der Waals surface area contributed by atoms with Crippen molar-refractivity contribution in [2.24, 2.45) is 0 Å². The van der Waals surface area contributed by atoms with Crippen LogP contribution in [0.25, 0.3) is 0 Å². The quantitative estimate of drug-likeness (QED) is 0.0685. The molecule has 5 N–H and O–H groups in total. The van der Waals surface area contributed by atoms with Gasteiger partial charge in [0.2, 0.25) is 16.7 Å². The molecule has 0 radical (unpaired) electrons. The molecule has 4 atom stereocenters. The van der Waals surface area contributed by atoms with E-state index in [2.05, 4.69) is 60.4 Å². The van der Waals surface area contributed by atoms with Gasteiger partial charge in [0.1, 0.15) is 7.57 Å². The molecule has 0 aliphatic rings. The van der Waals surface area contributed by atoms with Crippen LogP contribution in [0.4, 0.5) is 0 Å². The third kappa shape index (κ3) is 14.0. The van der Waals surface area contributed by atoms with Gasteiger partial charge in [0.05, 0.1) is 24.2 Å². The van der Waals surface area contributed by atoms with E-state index in [1.54, 1.807) is 0 Å². The van der Waals surface area contributed by atoms with Crippen molar-refractivity contribution in [1.29, 1.82) is 0 Å². The fraction of sp³-hybridized carbons (Fsp3) is 0.667. The van der Waals surface area contributed by atoms with Crippen LogP contribution in [-0.4, -0.2) is 83.9 Å². The highest BCUT2D eigenvalue weighted by molar-refractivity contribution is 14.2. The zero-order valence-electron chi connectivity index (χ0n) is 14.8. The molecule has 0 heterocycles.